The maximum atomic E-state index is 13.8. The van der Waals surface area contributed by atoms with E-state index < -0.39 is 26.8 Å². The van der Waals surface area contributed by atoms with E-state index in [-0.39, 0.29) is 11.1 Å². The fourth-order valence-corrected chi connectivity index (χ4v) is 3.57. The summed E-state index contributed by atoms with van der Waals surface area (Å²) in [7, 11) is -2.47. The summed E-state index contributed by atoms with van der Waals surface area (Å²) in [6.45, 7) is 0.974. The molecule has 8 heteroatoms. The molecule has 1 aromatic carbocycles. The maximum Gasteiger partial charge on any atom is 0.243 e. The van der Waals surface area contributed by atoms with Gasteiger partial charge >= 0.3 is 0 Å². The number of methoxy groups -OCH3 is 1. The quantitative estimate of drug-likeness (QED) is 0.861. The van der Waals surface area contributed by atoms with Crippen LogP contribution in [0.1, 0.15) is 0 Å². The molecule has 1 aromatic rings. The largest absolute Gasteiger partial charge is 0.378 e. The molecule has 0 aromatic heterocycles. The van der Waals surface area contributed by atoms with E-state index in [4.69, 9.17) is 16.3 Å². The van der Waals surface area contributed by atoms with Crippen molar-refractivity contribution in [3.05, 3.63) is 29.0 Å². The molecule has 0 bridgehead atoms. The Morgan fingerprint density at radius 3 is 2.89 bits per heavy atom. The number of rotatable bonds is 4. The molecule has 2 atom stereocenters. The molecule has 5 nitrogen and oxygen atoms in total. The molecule has 0 amide bonds. The van der Waals surface area contributed by atoms with Crippen molar-refractivity contribution in [2.75, 3.05) is 20.2 Å². The second kappa shape index (κ2) is 5.72. The minimum atomic E-state index is -3.97. The zero-order valence-corrected chi connectivity index (χ0v) is 11.8. The first-order valence-corrected chi connectivity index (χ1v) is 7.51. The molecular formula is C11H14ClFN2O3S. The average molecular weight is 309 g/mol. The number of hydrogen-bond donors (Lipinski definition) is 2. The zero-order valence-electron chi connectivity index (χ0n) is 10.2. The summed E-state index contributed by atoms with van der Waals surface area (Å²) in [5, 5.41) is 2.78. The Labute approximate surface area is 116 Å². The molecular weight excluding hydrogens is 295 g/mol. The monoisotopic (exact) mass is 308 g/mol. The maximum absolute atomic E-state index is 13.8. The zero-order chi connectivity index (χ0) is 14.0. The van der Waals surface area contributed by atoms with Gasteiger partial charge in [0.2, 0.25) is 10.0 Å². The van der Waals surface area contributed by atoms with E-state index in [0.29, 0.717) is 13.1 Å². The van der Waals surface area contributed by atoms with Crippen molar-refractivity contribution in [3.63, 3.8) is 0 Å². The Morgan fingerprint density at radius 2 is 2.21 bits per heavy atom. The fraction of sp³-hybridized carbons (Fsp3) is 0.455. The van der Waals surface area contributed by atoms with Crippen LogP contribution in [0.2, 0.25) is 5.02 Å². The molecule has 1 fully saturated rings. The van der Waals surface area contributed by atoms with Crippen molar-refractivity contribution in [3.8, 4) is 0 Å². The Balaban J connectivity index is 2.25. The predicted molar refractivity (Wildman–Crippen MR) is 69.2 cm³/mol. The molecule has 1 aliphatic rings. The van der Waals surface area contributed by atoms with Gasteiger partial charge in [-0.05, 0) is 12.1 Å². The first-order chi connectivity index (χ1) is 8.95. The van der Waals surface area contributed by atoms with Gasteiger partial charge in [-0.1, -0.05) is 17.7 Å². The van der Waals surface area contributed by atoms with E-state index in [1.807, 2.05) is 0 Å². The molecule has 106 valence electrons. The molecule has 1 unspecified atom stereocenters. The van der Waals surface area contributed by atoms with E-state index in [1.54, 1.807) is 0 Å². The van der Waals surface area contributed by atoms with E-state index in [1.165, 1.54) is 25.3 Å². The Hall–Kier alpha value is -0.730. The molecule has 1 heterocycles. The summed E-state index contributed by atoms with van der Waals surface area (Å²) < 4.78 is 45.6. The highest BCUT2D eigenvalue weighted by Crippen LogP contribution is 2.22. The van der Waals surface area contributed by atoms with Crippen LogP contribution >= 0.6 is 11.6 Å². The molecule has 0 spiro atoms. The highest BCUT2D eigenvalue weighted by molar-refractivity contribution is 7.89. The van der Waals surface area contributed by atoms with Crippen LogP contribution in [0.25, 0.3) is 0 Å². The third kappa shape index (κ3) is 3.06. The summed E-state index contributed by atoms with van der Waals surface area (Å²) in [6, 6.07) is 3.42. The van der Waals surface area contributed by atoms with E-state index >= 15 is 0 Å². The van der Waals surface area contributed by atoms with Gasteiger partial charge in [-0.25, -0.2) is 17.5 Å². The lowest BCUT2D eigenvalue weighted by atomic mass is 10.2. The Morgan fingerprint density at radius 1 is 1.47 bits per heavy atom. The van der Waals surface area contributed by atoms with E-state index in [2.05, 4.69) is 10.0 Å². The van der Waals surface area contributed by atoms with Crippen LogP contribution in [-0.4, -0.2) is 40.8 Å². The Kier molecular flexibility index (Phi) is 4.42. The lowest BCUT2D eigenvalue weighted by molar-refractivity contribution is 0.103. The minimum absolute atomic E-state index is 0.226. The molecule has 1 aliphatic heterocycles. The summed E-state index contributed by atoms with van der Waals surface area (Å²) in [4.78, 5) is -0.457. The first-order valence-electron chi connectivity index (χ1n) is 5.65. The van der Waals surface area contributed by atoms with Crippen LogP contribution in [0.15, 0.2) is 23.1 Å². The van der Waals surface area contributed by atoms with Crippen LogP contribution in [0, 0.1) is 5.82 Å². The number of hydrogen-bond acceptors (Lipinski definition) is 4. The lowest BCUT2D eigenvalue weighted by Gasteiger charge is -2.18. The summed E-state index contributed by atoms with van der Waals surface area (Å²) in [5.41, 5.74) is 0. The Bertz CT molecular complexity index is 567. The molecule has 0 saturated carbocycles. The number of sulfonamides is 1. The molecule has 1 saturated heterocycles. The fourth-order valence-electron chi connectivity index (χ4n) is 1.97. The minimum Gasteiger partial charge on any atom is -0.378 e. The van der Waals surface area contributed by atoms with Gasteiger partial charge in [0.15, 0.2) is 5.82 Å². The van der Waals surface area contributed by atoms with Gasteiger partial charge in [-0.3, -0.25) is 0 Å². The van der Waals surface area contributed by atoms with Crippen molar-refractivity contribution in [1.29, 1.82) is 0 Å². The van der Waals surface area contributed by atoms with Crippen molar-refractivity contribution >= 4 is 21.6 Å². The van der Waals surface area contributed by atoms with Crippen molar-refractivity contribution in [2.45, 2.75) is 17.0 Å². The summed E-state index contributed by atoms with van der Waals surface area (Å²) >= 11 is 5.59. The highest BCUT2D eigenvalue weighted by atomic mass is 35.5. The van der Waals surface area contributed by atoms with Gasteiger partial charge in [0.1, 0.15) is 4.90 Å². The topological polar surface area (TPSA) is 67.4 Å². The van der Waals surface area contributed by atoms with Gasteiger partial charge in [-0.15, -0.1) is 0 Å². The summed E-state index contributed by atoms with van der Waals surface area (Å²) in [5.74, 6) is -0.948. The number of ether oxygens (including phenoxy) is 1. The standard InChI is InChI=1S/C11H14ClFN2O3S/c1-18-9-6-14-5-8(9)15-19(16,17)10-4-2-3-7(12)11(10)13/h2-4,8-9,14-15H,5-6H2,1H3/t8?,9-/m0/s1. The second-order valence-electron chi connectivity index (χ2n) is 4.21. The van der Waals surface area contributed by atoms with Gasteiger partial charge in [-0.2, -0.15) is 0 Å². The van der Waals surface area contributed by atoms with E-state index in [9.17, 15) is 12.8 Å². The molecule has 0 radical (unpaired) electrons. The normalized spacial score (nSPS) is 23.7. The third-order valence-electron chi connectivity index (χ3n) is 2.97. The van der Waals surface area contributed by atoms with Crippen LogP contribution in [-0.2, 0) is 14.8 Å². The summed E-state index contributed by atoms with van der Waals surface area (Å²) in [6.07, 6.45) is -0.281. The van der Waals surface area contributed by atoms with Gasteiger partial charge in [0.25, 0.3) is 0 Å². The van der Waals surface area contributed by atoms with Crippen LogP contribution < -0.4 is 10.0 Å². The van der Waals surface area contributed by atoms with Crippen LogP contribution in [0.3, 0.4) is 0 Å². The molecule has 0 aliphatic carbocycles. The van der Waals surface area contributed by atoms with Crippen LogP contribution in [0.5, 0.6) is 0 Å². The van der Waals surface area contributed by atoms with E-state index in [0.717, 1.165) is 0 Å². The lowest BCUT2D eigenvalue weighted by Crippen LogP contribution is -2.43. The van der Waals surface area contributed by atoms with Gasteiger partial charge in [0, 0.05) is 20.2 Å². The predicted octanol–water partition coefficient (Wildman–Crippen LogP) is 0.744. The van der Waals surface area contributed by atoms with Gasteiger partial charge < -0.3 is 10.1 Å². The SMILES string of the molecule is CO[C@H]1CNCC1NS(=O)(=O)c1cccc(Cl)c1F. The average Bonchev–Trinajstić information content (AvgIpc) is 2.78. The highest BCUT2D eigenvalue weighted by Gasteiger charge is 2.32. The van der Waals surface area contributed by atoms with Crippen molar-refractivity contribution in [2.24, 2.45) is 0 Å². The number of halogens is 2. The number of benzene rings is 1. The second-order valence-corrected chi connectivity index (χ2v) is 6.30. The van der Waals surface area contributed by atoms with Gasteiger partial charge in [0.05, 0.1) is 17.2 Å². The van der Waals surface area contributed by atoms with Crippen molar-refractivity contribution in [1.82, 2.24) is 10.0 Å². The number of nitrogens with one attached hydrogen (secondary N) is 2. The van der Waals surface area contributed by atoms with Crippen molar-refractivity contribution < 1.29 is 17.5 Å². The van der Waals surface area contributed by atoms with Crippen LogP contribution in [0.4, 0.5) is 4.39 Å². The third-order valence-corrected chi connectivity index (χ3v) is 4.77. The first kappa shape index (κ1) is 14.7. The molecule has 2 N–H and O–H groups in total. The molecule has 2 rings (SSSR count). The molecule has 19 heavy (non-hydrogen) atoms. The smallest absolute Gasteiger partial charge is 0.243 e.